The van der Waals surface area contributed by atoms with E-state index < -0.39 is 10.8 Å². The quantitative estimate of drug-likeness (QED) is 0.944. The van der Waals surface area contributed by atoms with Crippen LogP contribution in [0.25, 0.3) is 0 Å². The van der Waals surface area contributed by atoms with Crippen molar-refractivity contribution in [3.05, 3.63) is 58.6 Å². The van der Waals surface area contributed by atoms with Crippen LogP contribution in [0.1, 0.15) is 15.9 Å². The van der Waals surface area contributed by atoms with Gasteiger partial charge < -0.3 is 5.32 Å². The summed E-state index contributed by atoms with van der Waals surface area (Å²) < 4.78 is 11.5. The van der Waals surface area contributed by atoms with Gasteiger partial charge in [0.1, 0.15) is 6.07 Å². The van der Waals surface area contributed by atoms with Crippen LogP contribution in [0.2, 0.25) is 5.02 Å². The molecule has 0 fully saturated rings. The fourth-order valence-electron chi connectivity index (χ4n) is 1.78. The van der Waals surface area contributed by atoms with Gasteiger partial charge in [-0.05, 0) is 36.4 Å². The minimum absolute atomic E-state index is 0.278. The van der Waals surface area contributed by atoms with Crippen molar-refractivity contribution in [2.24, 2.45) is 0 Å². The molecule has 2 aromatic carbocycles. The SMILES string of the molecule is C[S@](=O)c1ccc(NC(=O)c2cccc(Cl)c2)cc1C#N. The Morgan fingerprint density at radius 3 is 2.67 bits per heavy atom. The second kappa shape index (κ2) is 6.53. The first-order chi connectivity index (χ1) is 10.0. The number of halogens is 1. The van der Waals surface area contributed by atoms with Gasteiger partial charge in [0.05, 0.1) is 21.3 Å². The predicted molar refractivity (Wildman–Crippen MR) is 82.9 cm³/mol. The Hall–Kier alpha value is -2.16. The maximum absolute atomic E-state index is 12.1. The van der Waals surface area contributed by atoms with E-state index in [1.807, 2.05) is 6.07 Å². The summed E-state index contributed by atoms with van der Waals surface area (Å²) in [7, 11) is -1.25. The molecule has 0 saturated carbocycles. The van der Waals surface area contributed by atoms with Crippen LogP contribution in [-0.2, 0) is 10.8 Å². The molecule has 0 bridgehead atoms. The second-order valence-electron chi connectivity index (χ2n) is 4.24. The molecular weight excluding hydrogens is 308 g/mol. The van der Waals surface area contributed by atoms with Gasteiger partial charge in [-0.25, -0.2) is 0 Å². The largest absolute Gasteiger partial charge is 0.322 e. The number of nitrogens with one attached hydrogen (secondary N) is 1. The number of rotatable bonds is 3. The fourth-order valence-corrected chi connectivity index (χ4v) is 2.64. The third-order valence-corrected chi connectivity index (χ3v) is 3.96. The minimum Gasteiger partial charge on any atom is -0.322 e. The maximum atomic E-state index is 12.1. The van der Waals surface area contributed by atoms with Gasteiger partial charge >= 0.3 is 0 Å². The molecule has 106 valence electrons. The predicted octanol–water partition coefficient (Wildman–Crippen LogP) is 3.20. The Morgan fingerprint density at radius 2 is 2.05 bits per heavy atom. The zero-order valence-corrected chi connectivity index (χ0v) is 12.7. The Labute approximate surface area is 129 Å². The van der Waals surface area contributed by atoms with E-state index in [1.54, 1.807) is 36.4 Å². The smallest absolute Gasteiger partial charge is 0.255 e. The average Bonchev–Trinajstić information content (AvgIpc) is 2.46. The van der Waals surface area contributed by atoms with E-state index in [9.17, 15) is 9.00 Å². The van der Waals surface area contributed by atoms with E-state index in [0.717, 1.165) is 0 Å². The third-order valence-electron chi connectivity index (χ3n) is 2.75. The average molecular weight is 319 g/mol. The molecule has 0 aliphatic carbocycles. The minimum atomic E-state index is -1.25. The highest BCUT2D eigenvalue weighted by Crippen LogP contribution is 2.19. The van der Waals surface area contributed by atoms with Crippen molar-refractivity contribution in [2.75, 3.05) is 11.6 Å². The van der Waals surface area contributed by atoms with Gasteiger partial charge in [-0.2, -0.15) is 5.26 Å². The normalized spacial score (nSPS) is 11.5. The lowest BCUT2D eigenvalue weighted by molar-refractivity contribution is 0.102. The van der Waals surface area contributed by atoms with Crippen molar-refractivity contribution in [1.82, 2.24) is 0 Å². The van der Waals surface area contributed by atoms with Gasteiger partial charge in [-0.1, -0.05) is 17.7 Å². The van der Waals surface area contributed by atoms with Crippen LogP contribution in [0.5, 0.6) is 0 Å². The summed E-state index contributed by atoms with van der Waals surface area (Å²) >= 11 is 5.84. The van der Waals surface area contributed by atoms with E-state index in [-0.39, 0.29) is 11.5 Å². The number of hydrogen-bond donors (Lipinski definition) is 1. The Balaban J connectivity index is 2.26. The molecule has 1 N–H and O–H groups in total. The highest BCUT2D eigenvalue weighted by atomic mass is 35.5. The highest BCUT2D eigenvalue weighted by molar-refractivity contribution is 7.84. The number of carbonyl (C=O) groups excluding carboxylic acids is 1. The first-order valence-electron chi connectivity index (χ1n) is 5.96. The summed E-state index contributed by atoms with van der Waals surface area (Å²) in [6.07, 6.45) is 1.50. The molecule has 0 radical (unpaired) electrons. The number of benzene rings is 2. The highest BCUT2D eigenvalue weighted by Gasteiger charge is 2.10. The van der Waals surface area contributed by atoms with Crippen LogP contribution in [0.15, 0.2) is 47.4 Å². The Bertz CT molecular complexity index is 769. The molecule has 0 spiro atoms. The standard InChI is InChI=1S/C15H11ClN2O2S/c1-21(20)14-6-5-13(8-11(14)9-17)18-15(19)10-3-2-4-12(16)7-10/h2-8H,1H3,(H,18,19)/t21-/m0/s1. The van der Waals surface area contributed by atoms with Crippen molar-refractivity contribution in [1.29, 1.82) is 5.26 Å². The van der Waals surface area contributed by atoms with Crippen LogP contribution >= 0.6 is 11.6 Å². The Morgan fingerprint density at radius 1 is 1.29 bits per heavy atom. The zero-order chi connectivity index (χ0) is 15.4. The summed E-state index contributed by atoms with van der Waals surface area (Å²) in [5, 5.41) is 12.2. The molecule has 6 heteroatoms. The Kier molecular flexibility index (Phi) is 4.73. The topological polar surface area (TPSA) is 70.0 Å². The first kappa shape index (κ1) is 15.2. The molecular formula is C15H11ClN2O2S. The monoisotopic (exact) mass is 318 g/mol. The molecule has 0 unspecified atom stereocenters. The number of anilines is 1. The van der Waals surface area contributed by atoms with Gasteiger partial charge in [0.25, 0.3) is 5.91 Å². The molecule has 0 aliphatic heterocycles. The second-order valence-corrected chi connectivity index (χ2v) is 6.03. The summed E-state index contributed by atoms with van der Waals surface area (Å²) in [5.41, 5.74) is 1.16. The molecule has 2 aromatic rings. The maximum Gasteiger partial charge on any atom is 0.255 e. The van der Waals surface area contributed by atoms with Gasteiger partial charge in [0.15, 0.2) is 0 Å². The molecule has 0 heterocycles. The number of nitrogens with zero attached hydrogens (tertiary/aromatic N) is 1. The van der Waals surface area contributed by atoms with Crippen LogP contribution in [0.4, 0.5) is 5.69 Å². The van der Waals surface area contributed by atoms with E-state index in [1.165, 1.54) is 12.3 Å². The number of carbonyl (C=O) groups is 1. The summed E-state index contributed by atoms with van der Waals surface area (Å²) in [5.74, 6) is -0.327. The van der Waals surface area contributed by atoms with Crippen LogP contribution in [-0.4, -0.2) is 16.4 Å². The first-order valence-corrected chi connectivity index (χ1v) is 7.89. The lowest BCUT2D eigenvalue weighted by Gasteiger charge is -2.07. The lowest BCUT2D eigenvalue weighted by atomic mass is 10.2. The van der Waals surface area contributed by atoms with Crippen LogP contribution < -0.4 is 5.32 Å². The molecule has 0 saturated heterocycles. The molecule has 1 amide bonds. The van der Waals surface area contributed by atoms with E-state index in [4.69, 9.17) is 16.9 Å². The fraction of sp³-hybridized carbons (Fsp3) is 0.0667. The summed E-state index contributed by atoms with van der Waals surface area (Å²) in [4.78, 5) is 12.5. The molecule has 0 aromatic heterocycles. The molecule has 1 atom stereocenters. The van der Waals surface area contributed by atoms with Crippen molar-refractivity contribution >= 4 is 34.0 Å². The molecule has 4 nitrogen and oxygen atoms in total. The van der Waals surface area contributed by atoms with Gasteiger partial charge in [-0.3, -0.25) is 9.00 Å². The number of amides is 1. The van der Waals surface area contributed by atoms with Gasteiger partial charge in [-0.15, -0.1) is 0 Å². The van der Waals surface area contributed by atoms with Crippen molar-refractivity contribution in [3.63, 3.8) is 0 Å². The zero-order valence-electron chi connectivity index (χ0n) is 11.1. The van der Waals surface area contributed by atoms with Crippen LogP contribution in [0, 0.1) is 11.3 Å². The summed E-state index contributed by atoms with van der Waals surface area (Å²) in [6, 6.07) is 13.2. The van der Waals surface area contributed by atoms with E-state index >= 15 is 0 Å². The van der Waals surface area contributed by atoms with E-state index in [0.29, 0.717) is 21.2 Å². The molecule has 2 rings (SSSR count). The van der Waals surface area contributed by atoms with Crippen molar-refractivity contribution < 1.29 is 9.00 Å². The van der Waals surface area contributed by atoms with Gasteiger partial charge in [0.2, 0.25) is 0 Å². The lowest BCUT2D eigenvalue weighted by Crippen LogP contribution is -2.12. The van der Waals surface area contributed by atoms with Crippen molar-refractivity contribution in [3.8, 4) is 6.07 Å². The number of nitriles is 1. The molecule has 0 aliphatic rings. The number of hydrogen-bond acceptors (Lipinski definition) is 3. The van der Waals surface area contributed by atoms with Gasteiger partial charge in [0, 0.05) is 22.5 Å². The van der Waals surface area contributed by atoms with Crippen molar-refractivity contribution in [2.45, 2.75) is 4.90 Å². The van der Waals surface area contributed by atoms with Crippen LogP contribution in [0.3, 0.4) is 0 Å². The molecule has 21 heavy (non-hydrogen) atoms. The third kappa shape index (κ3) is 3.69. The summed E-state index contributed by atoms with van der Waals surface area (Å²) in [6.45, 7) is 0. The van der Waals surface area contributed by atoms with E-state index in [2.05, 4.69) is 5.32 Å².